The number of halogens is 2. The maximum Gasteiger partial charge on any atom is 0.338 e. The Morgan fingerprint density at radius 1 is 1.07 bits per heavy atom. The molecule has 5 rings (SSSR count). The molecule has 4 aromatic rings. The lowest BCUT2D eigenvalue weighted by atomic mass is 9.95. The van der Waals surface area contributed by atoms with E-state index < -0.39 is 12.0 Å². The summed E-state index contributed by atoms with van der Waals surface area (Å²) < 4.78 is 24.7. The Bertz CT molecular complexity index is 1930. The summed E-state index contributed by atoms with van der Waals surface area (Å²) in [6.07, 6.45) is 1.62. The predicted octanol–water partition coefficient (Wildman–Crippen LogP) is 6.48. The molecule has 1 aliphatic rings. The molecule has 2 heterocycles. The van der Waals surface area contributed by atoms with Gasteiger partial charge >= 0.3 is 5.97 Å². The average molecular weight is 668 g/mol. The van der Waals surface area contributed by atoms with Crippen LogP contribution in [0.3, 0.4) is 0 Å². The van der Waals surface area contributed by atoms with E-state index in [4.69, 9.17) is 42.1 Å². The molecule has 1 atom stereocenters. The van der Waals surface area contributed by atoms with Gasteiger partial charge in [-0.25, -0.2) is 9.79 Å². The number of nitrogens with zero attached hydrogens (tertiary/aromatic N) is 2. The van der Waals surface area contributed by atoms with Gasteiger partial charge in [-0.2, -0.15) is 0 Å². The highest BCUT2D eigenvalue weighted by Crippen LogP contribution is 2.37. The quantitative estimate of drug-likeness (QED) is 0.180. The summed E-state index contributed by atoms with van der Waals surface area (Å²) >= 11 is 14.4. The number of hydrogen-bond donors (Lipinski definition) is 0. The standard InChI is InChI=1S/C34H32Cl2N2O6S/c1-6-42-33(40)29-20(4)37-34-38(30(29)23-12-13-26(44-19(2)3)27(17-23)41-5)32(39)28(45-34)16-22-14-24(35)31(25(36)15-22)43-18-21-10-8-7-9-11-21/h7-17,19,30H,6,18H2,1-5H3/b28-16-/t30-/m1/s1. The third kappa shape index (κ3) is 6.96. The van der Waals surface area contributed by atoms with Gasteiger partial charge in [0.15, 0.2) is 22.0 Å². The maximum absolute atomic E-state index is 14.1. The predicted molar refractivity (Wildman–Crippen MR) is 176 cm³/mol. The Morgan fingerprint density at radius 3 is 2.42 bits per heavy atom. The molecule has 0 aliphatic carbocycles. The molecule has 0 bridgehead atoms. The number of esters is 1. The zero-order valence-electron chi connectivity index (χ0n) is 25.4. The summed E-state index contributed by atoms with van der Waals surface area (Å²) in [6, 6.07) is 17.6. The van der Waals surface area contributed by atoms with Crippen LogP contribution in [0.1, 0.15) is 50.4 Å². The molecule has 0 spiro atoms. The second kappa shape index (κ2) is 13.9. The van der Waals surface area contributed by atoms with Crippen LogP contribution in [0.4, 0.5) is 0 Å². The third-order valence-electron chi connectivity index (χ3n) is 6.93. The van der Waals surface area contributed by atoms with Crippen molar-refractivity contribution < 1.29 is 23.7 Å². The van der Waals surface area contributed by atoms with Crippen molar-refractivity contribution in [2.24, 2.45) is 4.99 Å². The Kier molecular flexibility index (Phi) is 10.0. The first-order chi connectivity index (χ1) is 21.6. The van der Waals surface area contributed by atoms with Crippen LogP contribution >= 0.6 is 34.5 Å². The van der Waals surface area contributed by atoms with Crippen molar-refractivity contribution in [2.45, 2.75) is 46.4 Å². The summed E-state index contributed by atoms with van der Waals surface area (Å²) in [6.45, 7) is 7.77. The van der Waals surface area contributed by atoms with Crippen molar-refractivity contribution >= 4 is 46.6 Å². The van der Waals surface area contributed by atoms with Gasteiger partial charge in [0.05, 0.1) is 51.7 Å². The van der Waals surface area contributed by atoms with E-state index in [2.05, 4.69) is 4.99 Å². The topological polar surface area (TPSA) is 88.4 Å². The highest BCUT2D eigenvalue weighted by atomic mass is 35.5. The average Bonchev–Trinajstić information content (AvgIpc) is 3.30. The number of hydrogen-bond acceptors (Lipinski definition) is 8. The smallest absolute Gasteiger partial charge is 0.338 e. The molecule has 234 valence electrons. The number of rotatable bonds is 10. The molecule has 45 heavy (non-hydrogen) atoms. The van der Waals surface area contributed by atoms with E-state index in [9.17, 15) is 9.59 Å². The number of carbonyl (C=O) groups excluding carboxylic acids is 1. The number of carbonyl (C=O) groups is 1. The minimum atomic E-state index is -0.814. The molecule has 11 heteroatoms. The summed E-state index contributed by atoms with van der Waals surface area (Å²) in [7, 11) is 1.54. The first-order valence-electron chi connectivity index (χ1n) is 14.3. The Labute approximate surface area is 274 Å². The second-order valence-corrected chi connectivity index (χ2v) is 12.3. The normalized spacial score (nSPS) is 14.7. The molecule has 0 unspecified atom stereocenters. The van der Waals surface area contributed by atoms with Crippen molar-refractivity contribution in [1.82, 2.24) is 4.57 Å². The summed E-state index contributed by atoms with van der Waals surface area (Å²) in [5.74, 6) is 0.825. The molecule has 0 fully saturated rings. The van der Waals surface area contributed by atoms with Crippen molar-refractivity contribution in [3.8, 4) is 17.2 Å². The van der Waals surface area contributed by atoms with Crippen molar-refractivity contribution in [3.63, 3.8) is 0 Å². The van der Waals surface area contributed by atoms with Crippen molar-refractivity contribution in [2.75, 3.05) is 13.7 Å². The van der Waals surface area contributed by atoms with Crippen LogP contribution in [-0.2, 0) is 16.1 Å². The number of thiazole rings is 1. The van der Waals surface area contributed by atoms with Gasteiger partial charge in [0, 0.05) is 0 Å². The van der Waals surface area contributed by atoms with Crippen molar-refractivity contribution in [1.29, 1.82) is 0 Å². The van der Waals surface area contributed by atoms with Gasteiger partial charge in [-0.3, -0.25) is 9.36 Å². The first kappa shape index (κ1) is 32.3. The van der Waals surface area contributed by atoms with Crippen molar-refractivity contribution in [3.05, 3.63) is 118 Å². The van der Waals surface area contributed by atoms with Crippen LogP contribution in [0.2, 0.25) is 10.0 Å². The molecular formula is C34H32Cl2N2O6S. The molecule has 0 amide bonds. The van der Waals surface area contributed by atoms with Gasteiger partial charge < -0.3 is 18.9 Å². The van der Waals surface area contributed by atoms with E-state index in [0.29, 0.717) is 60.1 Å². The SMILES string of the molecule is CCOC(=O)C1=C(C)N=c2s/c(=C\c3cc(Cl)c(OCc4ccccc4)c(Cl)c3)c(=O)n2[C@@H]1c1ccc(OC(C)C)c(OC)c1. The third-order valence-corrected chi connectivity index (χ3v) is 8.47. The van der Waals surface area contributed by atoms with E-state index in [0.717, 1.165) is 5.56 Å². The van der Waals surface area contributed by atoms with Gasteiger partial charge in [0.1, 0.15) is 6.61 Å². The van der Waals surface area contributed by atoms with Crippen LogP contribution in [0.15, 0.2) is 81.7 Å². The Morgan fingerprint density at radius 2 is 1.78 bits per heavy atom. The van der Waals surface area contributed by atoms with Gasteiger partial charge in [0.2, 0.25) is 0 Å². The number of methoxy groups -OCH3 is 1. The van der Waals surface area contributed by atoms with Crippen LogP contribution in [-0.4, -0.2) is 30.4 Å². The molecule has 8 nitrogen and oxygen atoms in total. The number of ether oxygens (including phenoxy) is 4. The molecule has 3 aromatic carbocycles. The van der Waals surface area contributed by atoms with E-state index in [1.54, 1.807) is 51.3 Å². The summed E-state index contributed by atoms with van der Waals surface area (Å²) in [5.41, 5.74) is 2.61. The summed E-state index contributed by atoms with van der Waals surface area (Å²) in [5, 5.41) is 0.623. The maximum atomic E-state index is 14.1. The Balaban J connectivity index is 1.59. The zero-order chi connectivity index (χ0) is 32.2. The van der Waals surface area contributed by atoms with Gasteiger partial charge in [-0.15, -0.1) is 0 Å². The molecule has 0 saturated heterocycles. The fourth-order valence-electron chi connectivity index (χ4n) is 4.99. The molecule has 1 aliphatic heterocycles. The highest BCUT2D eigenvalue weighted by Gasteiger charge is 2.34. The Hall–Kier alpha value is -4.05. The minimum absolute atomic E-state index is 0.0776. The second-order valence-electron chi connectivity index (χ2n) is 10.5. The molecule has 0 N–H and O–H groups in total. The van der Waals surface area contributed by atoms with Crippen LogP contribution in [0, 0.1) is 0 Å². The number of fused-ring (bicyclic) bond motifs is 1. The molecule has 1 aromatic heterocycles. The number of aromatic nitrogens is 1. The largest absolute Gasteiger partial charge is 0.493 e. The lowest BCUT2D eigenvalue weighted by molar-refractivity contribution is -0.139. The van der Waals surface area contributed by atoms with Gasteiger partial charge in [-0.05, 0) is 74.7 Å². The molecule has 0 radical (unpaired) electrons. The first-order valence-corrected chi connectivity index (χ1v) is 15.9. The van der Waals surface area contributed by atoms with E-state index in [-0.39, 0.29) is 23.8 Å². The summed E-state index contributed by atoms with van der Waals surface area (Å²) in [4.78, 5) is 32.4. The molecular weight excluding hydrogens is 635 g/mol. The number of benzene rings is 3. The van der Waals surface area contributed by atoms with Crippen LogP contribution in [0.25, 0.3) is 6.08 Å². The van der Waals surface area contributed by atoms with Crippen LogP contribution in [0.5, 0.6) is 17.2 Å². The van der Waals surface area contributed by atoms with Crippen LogP contribution < -0.4 is 29.1 Å². The van der Waals surface area contributed by atoms with Gasteiger partial charge in [-0.1, -0.05) is 70.9 Å². The highest BCUT2D eigenvalue weighted by molar-refractivity contribution is 7.07. The fourth-order valence-corrected chi connectivity index (χ4v) is 6.65. The molecule has 0 saturated carbocycles. The van der Waals surface area contributed by atoms with E-state index in [1.807, 2.05) is 50.2 Å². The van der Waals surface area contributed by atoms with E-state index >= 15 is 0 Å². The zero-order valence-corrected chi connectivity index (χ0v) is 27.8. The lowest BCUT2D eigenvalue weighted by Crippen LogP contribution is -2.40. The van der Waals surface area contributed by atoms with Gasteiger partial charge in [0.25, 0.3) is 5.56 Å². The number of allylic oxidation sites excluding steroid dienone is 1. The monoisotopic (exact) mass is 666 g/mol. The fraction of sp³-hybridized carbons (Fsp3) is 0.265. The lowest BCUT2D eigenvalue weighted by Gasteiger charge is -2.25. The minimum Gasteiger partial charge on any atom is -0.493 e. The van der Waals surface area contributed by atoms with E-state index in [1.165, 1.54) is 15.9 Å².